The van der Waals surface area contributed by atoms with Crippen molar-refractivity contribution in [2.24, 2.45) is 5.73 Å². The summed E-state index contributed by atoms with van der Waals surface area (Å²) in [6, 6.07) is 4.01. The molecule has 0 aromatic carbocycles. The Morgan fingerprint density at radius 2 is 2.21 bits per heavy atom. The summed E-state index contributed by atoms with van der Waals surface area (Å²) in [5.41, 5.74) is 5.71. The Balaban J connectivity index is 2.16. The number of hydrogen-bond acceptors (Lipinski definition) is 3. The highest BCUT2D eigenvalue weighted by atomic mass is 35.5. The van der Waals surface area contributed by atoms with Gasteiger partial charge in [-0.05, 0) is 32.4 Å². The van der Waals surface area contributed by atoms with Crippen molar-refractivity contribution < 1.29 is 0 Å². The minimum atomic E-state index is -0.132. The summed E-state index contributed by atoms with van der Waals surface area (Å²) < 4.78 is 0.860. The molecule has 4 heteroatoms. The van der Waals surface area contributed by atoms with E-state index in [0.29, 0.717) is 0 Å². The van der Waals surface area contributed by atoms with Crippen molar-refractivity contribution in [3.63, 3.8) is 0 Å². The van der Waals surface area contributed by atoms with E-state index in [1.165, 1.54) is 4.88 Å². The molecular weight excluding hydrogens is 216 g/mol. The van der Waals surface area contributed by atoms with Gasteiger partial charge in [-0.2, -0.15) is 0 Å². The first-order valence-corrected chi connectivity index (χ1v) is 5.91. The zero-order valence-electron chi connectivity index (χ0n) is 8.64. The highest BCUT2D eigenvalue weighted by Crippen LogP contribution is 2.21. The van der Waals surface area contributed by atoms with Gasteiger partial charge >= 0.3 is 0 Å². The molecule has 0 atom stereocenters. The molecule has 80 valence electrons. The molecular formula is C10H17ClN2S. The Hall–Kier alpha value is -0.0900. The second-order valence-electron chi connectivity index (χ2n) is 4.12. The lowest BCUT2D eigenvalue weighted by molar-refractivity contribution is 0.469. The van der Waals surface area contributed by atoms with Crippen LogP contribution in [0, 0.1) is 0 Å². The van der Waals surface area contributed by atoms with Gasteiger partial charge in [-0.15, -0.1) is 11.3 Å². The molecule has 0 radical (unpaired) electrons. The average Bonchev–Trinajstić information content (AvgIpc) is 2.44. The molecule has 0 amide bonds. The van der Waals surface area contributed by atoms with Gasteiger partial charge in [-0.3, -0.25) is 0 Å². The third kappa shape index (κ3) is 4.96. The molecule has 0 unspecified atom stereocenters. The van der Waals surface area contributed by atoms with Crippen LogP contribution in [0.2, 0.25) is 4.34 Å². The molecule has 0 bridgehead atoms. The fraction of sp³-hybridized carbons (Fsp3) is 0.600. The maximum atomic E-state index is 5.84. The van der Waals surface area contributed by atoms with Crippen molar-refractivity contribution in [1.29, 1.82) is 0 Å². The van der Waals surface area contributed by atoms with Crippen LogP contribution >= 0.6 is 22.9 Å². The SMILES string of the molecule is CC(C)(N)CNCCc1ccc(Cl)s1. The van der Waals surface area contributed by atoms with E-state index in [-0.39, 0.29) is 5.54 Å². The minimum Gasteiger partial charge on any atom is -0.324 e. The van der Waals surface area contributed by atoms with Crippen molar-refractivity contribution in [2.45, 2.75) is 25.8 Å². The van der Waals surface area contributed by atoms with Crippen LogP contribution < -0.4 is 11.1 Å². The molecule has 1 aromatic heterocycles. The molecule has 0 aliphatic rings. The molecule has 1 heterocycles. The third-order valence-electron chi connectivity index (χ3n) is 1.76. The van der Waals surface area contributed by atoms with Crippen molar-refractivity contribution in [3.05, 3.63) is 21.3 Å². The maximum Gasteiger partial charge on any atom is 0.0931 e. The highest BCUT2D eigenvalue weighted by Gasteiger charge is 2.08. The van der Waals surface area contributed by atoms with Crippen LogP contribution in [-0.2, 0) is 6.42 Å². The second-order valence-corrected chi connectivity index (χ2v) is 5.92. The highest BCUT2D eigenvalue weighted by molar-refractivity contribution is 7.16. The first-order chi connectivity index (χ1) is 6.47. The summed E-state index contributed by atoms with van der Waals surface area (Å²) >= 11 is 7.46. The summed E-state index contributed by atoms with van der Waals surface area (Å²) in [6.07, 6.45) is 1.02. The van der Waals surface area contributed by atoms with Crippen LogP contribution in [-0.4, -0.2) is 18.6 Å². The Morgan fingerprint density at radius 3 is 2.71 bits per heavy atom. The second kappa shape index (κ2) is 5.12. The Kier molecular flexibility index (Phi) is 4.38. The van der Waals surface area contributed by atoms with Gasteiger partial charge in [-0.1, -0.05) is 11.6 Å². The summed E-state index contributed by atoms with van der Waals surface area (Å²) in [5, 5.41) is 3.32. The summed E-state index contributed by atoms with van der Waals surface area (Å²) in [7, 11) is 0. The molecule has 3 N–H and O–H groups in total. The zero-order chi connectivity index (χ0) is 10.6. The monoisotopic (exact) mass is 232 g/mol. The molecule has 2 nitrogen and oxygen atoms in total. The molecule has 0 saturated carbocycles. The van der Waals surface area contributed by atoms with Crippen LogP contribution in [0.15, 0.2) is 12.1 Å². The van der Waals surface area contributed by atoms with E-state index in [9.17, 15) is 0 Å². The number of rotatable bonds is 5. The van der Waals surface area contributed by atoms with E-state index in [2.05, 4.69) is 11.4 Å². The van der Waals surface area contributed by atoms with Crippen LogP contribution in [0.1, 0.15) is 18.7 Å². The van der Waals surface area contributed by atoms with Crippen molar-refractivity contribution in [1.82, 2.24) is 5.32 Å². The molecule has 0 saturated heterocycles. The fourth-order valence-corrected chi connectivity index (χ4v) is 2.20. The minimum absolute atomic E-state index is 0.132. The van der Waals surface area contributed by atoms with Crippen molar-refractivity contribution >= 4 is 22.9 Å². The smallest absolute Gasteiger partial charge is 0.0931 e. The first kappa shape index (κ1) is 12.0. The van der Waals surface area contributed by atoms with Crippen LogP contribution in [0.4, 0.5) is 0 Å². The predicted molar refractivity (Wildman–Crippen MR) is 64.2 cm³/mol. The lowest BCUT2D eigenvalue weighted by atomic mass is 10.1. The lowest BCUT2D eigenvalue weighted by Gasteiger charge is -2.18. The Labute approximate surface area is 94.5 Å². The normalized spacial score (nSPS) is 12.0. The van der Waals surface area contributed by atoms with E-state index < -0.39 is 0 Å². The van der Waals surface area contributed by atoms with E-state index in [1.54, 1.807) is 11.3 Å². The summed E-state index contributed by atoms with van der Waals surface area (Å²) in [5.74, 6) is 0. The average molecular weight is 233 g/mol. The maximum absolute atomic E-state index is 5.84. The standard InChI is InChI=1S/C10H17ClN2S/c1-10(2,12)7-13-6-5-8-3-4-9(11)14-8/h3-4,13H,5-7,12H2,1-2H3. The van der Waals surface area contributed by atoms with Gasteiger partial charge in [0.15, 0.2) is 0 Å². The topological polar surface area (TPSA) is 38.0 Å². The predicted octanol–water partition coefficient (Wildman–Crippen LogP) is 2.27. The first-order valence-electron chi connectivity index (χ1n) is 4.71. The molecule has 0 spiro atoms. The third-order valence-corrected chi connectivity index (χ3v) is 3.05. The van der Waals surface area contributed by atoms with Gasteiger partial charge in [-0.25, -0.2) is 0 Å². The van der Waals surface area contributed by atoms with Gasteiger partial charge < -0.3 is 11.1 Å². The van der Waals surface area contributed by atoms with Crippen LogP contribution in [0.3, 0.4) is 0 Å². The van der Waals surface area contributed by atoms with Crippen molar-refractivity contribution in [2.75, 3.05) is 13.1 Å². The number of halogens is 1. The van der Waals surface area contributed by atoms with Gasteiger partial charge in [0.05, 0.1) is 4.34 Å². The largest absolute Gasteiger partial charge is 0.324 e. The van der Waals surface area contributed by atoms with Gasteiger partial charge in [0.25, 0.3) is 0 Å². The van der Waals surface area contributed by atoms with Crippen LogP contribution in [0.5, 0.6) is 0 Å². The molecule has 1 rings (SSSR count). The van der Waals surface area contributed by atoms with E-state index in [4.69, 9.17) is 17.3 Å². The molecule has 0 aliphatic carbocycles. The molecule has 0 fully saturated rings. The summed E-state index contributed by atoms with van der Waals surface area (Å²) in [4.78, 5) is 1.32. The lowest BCUT2D eigenvalue weighted by Crippen LogP contribution is -2.43. The number of nitrogens with two attached hydrogens (primary N) is 1. The van der Waals surface area contributed by atoms with E-state index in [0.717, 1.165) is 23.8 Å². The van der Waals surface area contributed by atoms with Crippen molar-refractivity contribution in [3.8, 4) is 0 Å². The quantitative estimate of drug-likeness (QED) is 0.765. The zero-order valence-corrected chi connectivity index (χ0v) is 10.2. The van der Waals surface area contributed by atoms with Crippen LogP contribution in [0.25, 0.3) is 0 Å². The van der Waals surface area contributed by atoms with Gasteiger partial charge in [0.2, 0.25) is 0 Å². The number of thiophene rings is 1. The van der Waals surface area contributed by atoms with E-state index in [1.807, 2.05) is 19.9 Å². The fourth-order valence-electron chi connectivity index (χ4n) is 1.11. The molecule has 14 heavy (non-hydrogen) atoms. The molecule has 0 aliphatic heterocycles. The number of hydrogen-bond donors (Lipinski definition) is 2. The molecule has 1 aromatic rings. The van der Waals surface area contributed by atoms with E-state index >= 15 is 0 Å². The van der Waals surface area contributed by atoms with Gasteiger partial charge in [0.1, 0.15) is 0 Å². The summed E-state index contributed by atoms with van der Waals surface area (Å²) in [6.45, 7) is 5.83. The Bertz CT molecular complexity index is 278. The van der Waals surface area contributed by atoms with Gasteiger partial charge in [0, 0.05) is 23.5 Å². The number of nitrogens with one attached hydrogen (secondary N) is 1. The Morgan fingerprint density at radius 1 is 1.50 bits per heavy atom.